The summed E-state index contributed by atoms with van der Waals surface area (Å²) < 4.78 is 0. The molecule has 1 aliphatic rings. The molecule has 0 saturated carbocycles. The van der Waals surface area contributed by atoms with Crippen LogP contribution in [-0.4, -0.2) is 49.3 Å². The van der Waals surface area contributed by atoms with Crippen molar-refractivity contribution in [2.24, 2.45) is 5.92 Å². The Hall–Kier alpha value is -0.120. The van der Waals surface area contributed by atoms with Gasteiger partial charge in [-0.05, 0) is 51.9 Å². The highest BCUT2D eigenvalue weighted by Crippen LogP contribution is 2.21. The van der Waals surface area contributed by atoms with E-state index < -0.39 is 0 Å². The predicted molar refractivity (Wildman–Crippen MR) is 68.6 cm³/mol. The van der Waals surface area contributed by atoms with Crippen LogP contribution in [0.1, 0.15) is 39.0 Å². The summed E-state index contributed by atoms with van der Waals surface area (Å²) in [6.07, 6.45) is 6.54. The second kappa shape index (κ2) is 8.04. The van der Waals surface area contributed by atoms with Crippen LogP contribution in [0.2, 0.25) is 0 Å². The van der Waals surface area contributed by atoms with E-state index in [1.54, 1.807) is 0 Å². The van der Waals surface area contributed by atoms with Crippen LogP contribution >= 0.6 is 0 Å². The average Bonchev–Trinajstić information content (AvgIpc) is 2.33. The molecule has 1 saturated heterocycles. The van der Waals surface area contributed by atoms with E-state index in [0.717, 1.165) is 18.9 Å². The zero-order chi connectivity index (χ0) is 11.8. The number of likely N-dealkylation sites (tertiary alicyclic amines) is 1. The van der Waals surface area contributed by atoms with Crippen LogP contribution in [0, 0.1) is 5.92 Å². The summed E-state index contributed by atoms with van der Waals surface area (Å²) in [6, 6.07) is 0.272. The molecule has 1 unspecified atom stereocenters. The quantitative estimate of drug-likeness (QED) is 0.692. The van der Waals surface area contributed by atoms with Crippen LogP contribution in [0.25, 0.3) is 0 Å². The van der Waals surface area contributed by atoms with Crippen molar-refractivity contribution in [3.05, 3.63) is 0 Å². The predicted octanol–water partition coefficient (Wildman–Crippen LogP) is 1.47. The lowest BCUT2D eigenvalue weighted by atomic mass is 9.92. The van der Waals surface area contributed by atoms with Crippen molar-refractivity contribution in [3.8, 4) is 0 Å². The first-order valence-electron chi connectivity index (χ1n) is 6.80. The summed E-state index contributed by atoms with van der Waals surface area (Å²) >= 11 is 0. The van der Waals surface area contributed by atoms with Crippen LogP contribution < -0.4 is 5.32 Å². The highest BCUT2D eigenvalue weighted by Gasteiger charge is 2.18. The van der Waals surface area contributed by atoms with Crippen LogP contribution in [0.4, 0.5) is 0 Å². The number of rotatable bonds is 7. The first kappa shape index (κ1) is 13.9. The highest BCUT2D eigenvalue weighted by molar-refractivity contribution is 4.74. The van der Waals surface area contributed by atoms with Gasteiger partial charge < -0.3 is 15.3 Å². The lowest BCUT2D eigenvalue weighted by Crippen LogP contribution is -2.38. The number of nitrogens with zero attached hydrogens (tertiary/aromatic N) is 1. The third kappa shape index (κ3) is 4.81. The molecular weight excluding hydrogens is 200 g/mol. The molecule has 1 atom stereocenters. The highest BCUT2D eigenvalue weighted by atomic mass is 16.3. The lowest BCUT2D eigenvalue weighted by Gasteiger charge is -2.32. The first-order chi connectivity index (χ1) is 7.80. The number of hydrogen-bond acceptors (Lipinski definition) is 3. The Balaban J connectivity index is 2.12. The van der Waals surface area contributed by atoms with Crippen molar-refractivity contribution in [2.75, 3.05) is 33.3 Å². The molecule has 3 nitrogen and oxygen atoms in total. The molecule has 0 spiro atoms. The van der Waals surface area contributed by atoms with Crippen molar-refractivity contribution in [1.82, 2.24) is 10.2 Å². The van der Waals surface area contributed by atoms with Crippen molar-refractivity contribution in [1.29, 1.82) is 0 Å². The third-order valence-corrected chi connectivity index (χ3v) is 3.83. The molecule has 1 aliphatic heterocycles. The maximum absolute atomic E-state index is 9.09. The second-order valence-electron chi connectivity index (χ2n) is 5.03. The van der Waals surface area contributed by atoms with Crippen molar-refractivity contribution < 1.29 is 5.11 Å². The number of nitrogens with one attached hydrogen (secondary N) is 1. The van der Waals surface area contributed by atoms with Gasteiger partial charge in [0, 0.05) is 6.04 Å². The molecular formula is C13H28N2O. The van der Waals surface area contributed by atoms with Crippen LogP contribution in [-0.2, 0) is 0 Å². The number of aliphatic hydroxyl groups is 1. The number of piperidine rings is 1. The fourth-order valence-electron chi connectivity index (χ4n) is 2.57. The number of hydrogen-bond donors (Lipinski definition) is 2. The minimum absolute atomic E-state index is 0.253. The summed E-state index contributed by atoms with van der Waals surface area (Å²) in [5.41, 5.74) is 0. The van der Waals surface area contributed by atoms with E-state index in [-0.39, 0.29) is 12.6 Å². The Kier molecular flexibility index (Phi) is 7.01. The van der Waals surface area contributed by atoms with Gasteiger partial charge in [-0.2, -0.15) is 0 Å². The second-order valence-corrected chi connectivity index (χ2v) is 5.03. The molecule has 0 bridgehead atoms. The Labute approximate surface area is 100 Å². The minimum Gasteiger partial charge on any atom is -0.395 e. The van der Waals surface area contributed by atoms with Crippen LogP contribution in [0.3, 0.4) is 0 Å². The topological polar surface area (TPSA) is 35.5 Å². The van der Waals surface area contributed by atoms with Crippen LogP contribution in [0.15, 0.2) is 0 Å². The summed E-state index contributed by atoms with van der Waals surface area (Å²) in [7, 11) is 1.92. The summed E-state index contributed by atoms with van der Waals surface area (Å²) in [6.45, 7) is 6.18. The van der Waals surface area contributed by atoms with Gasteiger partial charge in [0.25, 0.3) is 0 Å². The third-order valence-electron chi connectivity index (χ3n) is 3.83. The van der Waals surface area contributed by atoms with Gasteiger partial charge in [0.15, 0.2) is 0 Å². The van der Waals surface area contributed by atoms with Gasteiger partial charge in [0.2, 0.25) is 0 Å². The van der Waals surface area contributed by atoms with E-state index >= 15 is 0 Å². The zero-order valence-corrected chi connectivity index (χ0v) is 10.9. The monoisotopic (exact) mass is 228 g/mol. The molecule has 2 N–H and O–H groups in total. The number of aliphatic hydroxyl groups excluding tert-OH is 1. The molecule has 0 amide bonds. The van der Waals surface area contributed by atoms with Crippen molar-refractivity contribution in [2.45, 2.75) is 45.1 Å². The summed E-state index contributed by atoms with van der Waals surface area (Å²) in [5.74, 6) is 0.971. The molecule has 0 aromatic heterocycles. The van der Waals surface area contributed by atoms with E-state index in [1.165, 1.54) is 38.8 Å². The smallest absolute Gasteiger partial charge is 0.0585 e. The maximum atomic E-state index is 9.09. The van der Waals surface area contributed by atoms with Gasteiger partial charge >= 0.3 is 0 Å². The summed E-state index contributed by atoms with van der Waals surface area (Å²) in [4.78, 5) is 2.55. The molecule has 0 radical (unpaired) electrons. The van der Waals surface area contributed by atoms with Gasteiger partial charge in [-0.25, -0.2) is 0 Å². The molecule has 16 heavy (non-hydrogen) atoms. The van der Waals surface area contributed by atoms with Gasteiger partial charge in [0.1, 0.15) is 0 Å². The Morgan fingerprint density at radius 2 is 2.06 bits per heavy atom. The molecule has 1 heterocycles. The van der Waals surface area contributed by atoms with Gasteiger partial charge in [-0.15, -0.1) is 0 Å². The molecule has 1 fully saturated rings. The molecule has 1 rings (SSSR count). The Bertz CT molecular complexity index is 163. The molecule has 0 aromatic rings. The van der Waals surface area contributed by atoms with Crippen molar-refractivity contribution >= 4 is 0 Å². The zero-order valence-electron chi connectivity index (χ0n) is 10.9. The maximum Gasteiger partial charge on any atom is 0.0585 e. The van der Waals surface area contributed by atoms with E-state index in [9.17, 15) is 0 Å². The van der Waals surface area contributed by atoms with Gasteiger partial charge in [-0.1, -0.05) is 19.8 Å². The van der Waals surface area contributed by atoms with E-state index in [2.05, 4.69) is 17.1 Å². The normalized spacial score (nSPS) is 21.2. The largest absolute Gasteiger partial charge is 0.395 e. The lowest BCUT2D eigenvalue weighted by molar-refractivity contribution is 0.161. The fourth-order valence-corrected chi connectivity index (χ4v) is 2.57. The fraction of sp³-hybridized carbons (Fsp3) is 1.00. The molecule has 0 aromatic carbocycles. The van der Waals surface area contributed by atoms with E-state index in [0.29, 0.717) is 0 Å². The van der Waals surface area contributed by atoms with E-state index in [4.69, 9.17) is 5.11 Å². The van der Waals surface area contributed by atoms with Gasteiger partial charge in [0.05, 0.1) is 6.61 Å². The molecule has 96 valence electrons. The average molecular weight is 228 g/mol. The van der Waals surface area contributed by atoms with Gasteiger partial charge in [-0.3, -0.25) is 0 Å². The van der Waals surface area contributed by atoms with E-state index in [1.807, 2.05) is 7.05 Å². The van der Waals surface area contributed by atoms with Crippen molar-refractivity contribution in [3.63, 3.8) is 0 Å². The summed E-state index contributed by atoms with van der Waals surface area (Å²) in [5, 5.41) is 12.2. The number of likely N-dealkylation sites (N-methyl/N-ethyl adjacent to an activating group) is 1. The molecule has 3 heteroatoms. The first-order valence-corrected chi connectivity index (χ1v) is 6.80. The molecule has 0 aliphatic carbocycles. The van der Waals surface area contributed by atoms with Crippen LogP contribution in [0.5, 0.6) is 0 Å². The standard InChI is InChI=1S/C13H28N2O/c1-3-4-12-5-8-15(9-6-12)10-7-13(11-16)14-2/h12-14,16H,3-11H2,1-2H3. The Morgan fingerprint density at radius 1 is 1.38 bits per heavy atom. The SMILES string of the molecule is CCCC1CCN(CCC(CO)NC)CC1. The minimum atomic E-state index is 0.253. The Morgan fingerprint density at radius 3 is 2.56 bits per heavy atom.